The van der Waals surface area contributed by atoms with Crippen LogP contribution in [0.5, 0.6) is 0 Å². The van der Waals surface area contributed by atoms with E-state index in [-0.39, 0.29) is 17.4 Å². The Labute approximate surface area is 199 Å². The van der Waals surface area contributed by atoms with E-state index in [4.69, 9.17) is 5.73 Å². The van der Waals surface area contributed by atoms with E-state index in [0.29, 0.717) is 31.9 Å². The molecule has 2 saturated heterocycles. The molecule has 1 atom stereocenters. The minimum atomic E-state index is -3.98. The number of hydrogen-bond acceptors (Lipinski definition) is 5. The van der Waals surface area contributed by atoms with E-state index in [1.807, 2.05) is 12.1 Å². The quantitative estimate of drug-likeness (QED) is 0.622. The molecule has 34 heavy (non-hydrogen) atoms. The summed E-state index contributed by atoms with van der Waals surface area (Å²) in [5.74, 6) is -1.78. The third kappa shape index (κ3) is 5.45. The molecule has 2 aromatic rings. The minimum absolute atomic E-state index is 0.0639. The fourth-order valence-electron chi connectivity index (χ4n) is 4.50. The molecule has 2 amide bonds. The number of hydrogen-bond donors (Lipinski definition) is 2. The molecule has 3 N–H and O–H groups in total. The molecule has 2 heterocycles. The van der Waals surface area contributed by atoms with Crippen LogP contribution in [-0.4, -0.2) is 55.6 Å². The molecule has 2 aromatic carbocycles. The van der Waals surface area contributed by atoms with Crippen molar-refractivity contribution in [3.05, 3.63) is 59.4 Å². The fraction of sp³-hybridized carbons (Fsp3) is 0.417. The van der Waals surface area contributed by atoms with Crippen molar-refractivity contribution >= 4 is 27.5 Å². The average molecular weight is 489 g/mol. The Morgan fingerprint density at radius 1 is 1.03 bits per heavy atom. The van der Waals surface area contributed by atoms with Gasteiger partial charge in [-0.15, -0.1) is 0 Å². The molecular weight excluding hydrogens is 459 g/mol. The lowest BCUT2D eigenvalue weighted by Crippen LogP contribution is -2.40. The summed E-state index contributed by atoms with van der Waals surface area (Å²) < 4.78 is 41.1. The first-order valence-corrected chi connectivity index (χ1v) is 12.9. The summed E-state index contributed by atoms with van der Waals surface area (Å²) in [6.07, 6.45) is 3.22. The molecule has 0 aliphatic carbocycles. The highest BCUT2D eigenvalue weighted by molar-refractivity contribution is 7.89. The zero-order valence-corrected chi connectivity index (χ0v) is 19.7. The molecule has 182 valence electrons. The summed E-state index contributed by atoms with van der Waals surface area (Å²) in [5, 5.41) is 2.73. The number of piperidine rings is 1. The van der Waals surface area contributed by atoms with Crippen molar-refractivity contribution in [2.75, 3.05) is 31.5 Å². The Morgan fingerprint density at radius 3 is 2.41 bits per heavy atom. The molecule has 0 radical (unpaired) electrons. The van der Waals surface area contributed by atoms with Crippen LogP contribution in [0.1, 0.15) is 41.6 Å². The molecule has 0 bridgehead atoms. The van der Waals surface area contributed by atoms with E-state index in [1.165, 1.54) is 10.4 Å². The standard InChI is InChI=1S/C24H29FN4O4S/c25-21-10-7-18(14-22(21)34(32,33)29-12-1-2-13-29)24(31)27-20-8-5-17(6-9-20)15-28-11-3-4-19(16-28)23(26)30/h5-10,14,19H,1-4,11-13,15-16H2,(H2,26,30)(H,27,31). The molecule has 10 heteroatoms. The Hall–Kier alpha value is -2.82. The van der Waals surface area contributed by atoms with Crippen molar-refractivity contribution in [2.45, 2.75) is 37.1 Å². The lowest BCUT2D eigenvalue weighted by Gasteiger charge is -2.31. The fourth-order valence-corrected chi connectivity index (χ4v) is 6.10. The Balaban J connectivity index is 1.41. The van der Waals surface area contributed by atoms with Gasteiger partial charge in [0.1, 0.15) is 10.7 Å². The Bertz CT molecular complexity index is 1160. The van der Waals surface area contributed by atoms with Gasteiger partial charge in [0.05, 0.1) is 5.92 Å². The second-order valence-electron chi connectivity index (χ2n) is 8.88. The highest BCUT2D eigenvalue weighted by atomic mass is 32.2. The number of benzene rings is 2. The van der Waals surface area contributed by atoms with E-state index in [9.17, 15) is 22.4 Å². The number of likely N-dealkylation sites (tertiary alicyclic amines) is 1. The molecule has 0 aromatic heterocycles. The van der Waals surface area contributed by atoms with Crippen LogP contribution < -0.4 is 11.1 Å². The summed E-state index contributed by atoms with van der Waals surface area (Å²) in [6, 6.07) is 10.7. The molecule has 2 aliphatic rings. The zero-order valence-electron chi connectivity index (χ0n) is 18.9. The number of carbonyl (C=O) groups is 2. The first kappa shape index (κ1) is 24.3. The van der Waals surface area contributed by atoms with Crippen molar-refractivity contribution in [2.24, 2.45) is 11.7 Å². The lowest BCUT2D eigenvalue weighted by molar-refractivity contribution is -0.123. The monoisotopic (exact) mass is 488 g/mol. The molecule has 0 saturated carbocycles. The van der Waals surface area contributed by atoms with Gasteiger partial charge in [-0.25, -0.2) is 12.8 Å². The average Bonchev–Trinajstić information content (AvgIpc) is 3.37. The number of halogens is 1. The Kier molecular flexibility index (Phi) is 7.30. The topological polar surface area (TPSA) is 113 Å². The van der Waals surface area contributed by atoms with Crippen LogP contribution >= 0.6 is 0 Å². The van der Waals surface area contributed by atoms with Gasteiger partial charge >= 0.3 is 0 Å². The summed E-state index contributed by atoms with van der Waals surface area (Å²) in [6.45, 7) is 2.92. The maximum Gasteiger partial charge on any atom is 0.255 e. The predicted octanol–water partition coefficient (Wildman–Crippen LogP) is 2.56. The van der Waals surface area contributed by atoms with Crippen LogP contribution in [0.4, 0.5) is 10.1 Å². The summed E-state index contributed by atoms with van der Waals surface area (Å²) in [7, 11) is -3.98. The molecule has 2 aliphatic heterocycles. The van der Waals surface area contributed by atoms with Crippen molar-refractivity contribution < 1.29 is 22.4 Å². The van der Waals surface area contributed by atoms with Gasteiger partial charge in [0.15, 0.2) is 0 Å². The van der Waals surface area contributed by atoms with Crippen molar-refractivity contribution in [1.29, 1.82) is 0 Å². The first-order valence-electron chi connectivity index (χ1n) is 11.5. The molecule has 2 fully saturated rings. The van der Waals surface area contributed by atoms with Crippen molar-refractivity contribution in [1.82, 2.24) is 9.21 Å². The number of nitrogens with zero attached hydrogens (tertiary/aromatic N) is 2. The van der Waals surface area contributed by atoms with Crippen LogP contribution in [0.2, 0.25) is 0 Å². The number of carbonyl (C=O) groups excluding carboxylic acids is 2. The Morgan fingerprint density at radius 2 is 1.74 bits per heavy atom. The van der Waals surface area contributed by atoms with Gasteiger partial charge in [-0.3, -0.25) is 14.5 Å². The van der Waals surface area contributed by atoms with E-state index in [2.05, 4.69) is 10.2 Å². The van der Waals surface area contributed by atoms with Gasteiger partial charge in [-0.05, 0) is 68.1 Å². The predicted molar refractivity (Wildman–Crippen MR) is 126 cm³/mol. The number of primary amides is 1. The molecular formula is C24H29FN4O4S. The maximum absolute atomic E-state index is 14.3. The third-order valence-electron chi connectivity index (χ3n) is 6.40. The van der Waals surface area contributed by atoms with Gasteiger partial charge < -0.3 is 11.1 Å². The number of sulfonamides is 1. The number of anilines is 1. The van der Waals surface area contributed by atoms with Gasteiger partial charge in [0.2, 0.25) is 15.9 Å². The number of amides is 2. The van der Waals surface area contributed by atoms with E-state index in [1.54, 1.807) is 12.1 Å². The summed E-state index contributed by atoms with van der Waals surface area (Å²) >= 11 is 0. The normalized spacial score (nSPS) is 19.7. The third-order valence-corrected chi connectivity index (χ3v) is 8.32. The number of rotatable bonds is 7. The van der Waals surface area contributed by atoms with Gasteiger partial charge in [-0.1, -0.05) is 12.1 Å². The molecule has 0 spiro atoms. The zero-order chi connectivity index (χ0) is 24.3. The van der Waals surface area contributed by atoms with Crippen LogP contribution in [-0.2, 0) is 21.4 Å². The van der Waals surface area contributed by atoms with Gasteiger partial charge in [-0.2, -0.15) is 4.31 Å². The number of nitrogens with one attached hydrogen (secondary N) is 1. The molecule has 1 unspecified atom stereocenters. The second kappa shape index (κ2) is 10.2. The van der Waals surface area contributed by atoms with Crippen LogP contribution in [0.25, 0.3) is 0 Å². The first-order chi connectivity index (χ1) is 16.2. The van der Waals surface area contributed by atoms with E-state index in [0.717, 1.165) is 49.9 Å². The number of nitrogens with two attached hydrogens (primary N) is 1. The van der Waals surface area contributed by atoms with Gasteiger partial charge in [0, 0.05) is 37.4 Å². The second-order valence-corrected chi connectivity index (χ2v) is 10.8. The minimum Gasteiger partial charge on any atom is -0.369 e. The SMILES string of the molecule is NC(=O)C1CCCN(Cc2ccc(NC(=O)c3ccc(F)c(S(=O)(=O)N4CCCC4)c3)cc2)C1. The van der Waals surface area contributed by atoms with E-state index >= 15 is 0 Å². The van der Waals surface area contributed by atoms with Gasteiger partial charge in [0.25, 0.3) is 5.91 Å². The lowest BCUT2D eigenvalue weighted by atomic mass is 9.97. The van der Waals surface area contributed by atoms with Crippen LogP contribution in [0.3, 0.4) is 0 Å². The van der Waals surface area contributed by atoms with E-state index < -0.39 is 26.6 Å². The smallest absolute Gasteiger partial charge is 0.255 e. The van der Waals surface area contributed by atoms with Crippen molar-refractivity contribution in [3.63, 3.8) is 0 Å². The van der Waals surface area contributed by atoms with Crippen LogP contribution in [0.15, 0.2) is 47.4 Å². The summed E-state index contributed by atoms with van der Waals surface area (Å²) in [4.78, 5) is 25.9. The van der Waals surface area contributed by atoms with Crippen LogP contribution in [0, 0.1) is 11.7 Å². The molecule has 8 nitrogen and oxygen atoms in total. The molecule has 4 rings (SSSR count). The maximum atomic E-state index is 14.3. The largest absolute Gasteiger partial charge is 0.369 e. The highest BCUT2D eigenvalue weighted by Gasteiger charge is 2.30. The van der Waals surface area contributed by atoms with Crippen molar-refractivity contribution in [3.8, 4) is 0 Å². The highest BCUT2D eigenvalue weighted by Crippen LogP contribution is 2.25. The summed E-state index contributed by atoms with van der Waals surface area (Å²) in [5.41, 5.74) is 7.08.